The Balaban J connectivity index is 2.94. The van der Waals surface area contributed by atoms with Crippen LogP contribution in [0.2, 0.25) is 0 Å². The lowest BCUT2D eigenvalue weighted by atomic mass is 9.91. The first-order valence-corrected chi connectivity index (χ1v) is 6.37. The fraction of sp³-hybridized carbons (Fsp3) is 0.571. The molecule has 18 heavy (non-hydrogen) atoms. The molecule has 0 unspecified atom stereocenters. The molecule has 4 heteroatoms. The number of imidazole rings is 1. The predicted molar refractivity (Wildman–Crippen MR) is 74.9 cm³/mol. The molecular weight excluding hydrogens is 224 g/mol. The van der Waals surface area contributed by atoms with Crippen molar-refractivity contribution >= 4 is 11.3 Å². The molecule has 2 heterocycles. The summed E-state index contributed by atoms with van der Waals surface area (Å²) in [5, 5.41) is 0. The Kier molecular flexibility index (Phi) is 2.84. The van der Waals surface area contributed by atoms with E-state index in [1.54, 1.807) is 0 Å². The van der Waals surface area contributed by atoms with Crippen LogP contribution in [0.5, 0.6) is 0 Å². The molecule has 0 amide bonds. The minimum Gasteiger partial charge on any atom is -0.382 e. The summed E-state index contributed by atoms with van der Waals surface area (Å²) in [6, 6.07) is 0. The van der Waals surface area contributed by atoms with E-state index in [1.165, 1.54) is 0 Å². The highest BCUT2D eigenvalue weighted by Crippen LogP contribution is 2.32. The lowest BCUT2D eigenvalue weighted by Gasteiger charge is -2.16. The summed E-state index contributed by atoms with van der Waals surface area (Å²) in [4.78, 5) is 9.10. The average molecular weight is 246 g/mol. The van der Waals surface area contributed by atoms with Gasteiger partial charge >= 0.3 is 0 Å². The summed E-state index contributed by atoms with van der Waals surface area (Å²) >= 11 is 0. The zero-order valence-corrected chi connectivity index (χ0v) is 12.1. The van der Waals surface area contributed by atoms with E-state index in [1.807, 2.05) is 13.1 Å². The van der Waals surface area contributed by atoms with Crippen LogP contribution in [0.1, 0.15) is 57.7 Å². The van der Waals surface area contributed by atoms with Gasteiger partial charge in [0.2, 0.25) is 0 Å². The van der Waals surface area contributed by atoms with Crippen molar-refractivity contribution in [2.24, 2.45) is 0 Å². The first kappa shape index (κ1) is 12.9. The van der Waals surface area contributed by atoms with E-state index in [0.717, 1.165) is 22.7 Å². The van der Waals surface area contributed by atoms with Crippen molar-refractivity contribution in [3.8, 4) is 0 Å². The van der Waals surface area contributed by atoms with Crippen LogP contribution in [0, 0.1) is 6.92 Å². The van der Waals surface area contributed by atoms with Gasteiger partial charge in [0.25, 0.3) is 0 Å². The maximum absolute atomic E-state index is 6.06. The minimum atomic E-state index is -0.0397. The number of rotatable bonds is 1. The minimum absolute atomic E-state index is 0.0397. The Hall–Kier alpha value is -1.58. The molecular formula is C14H22N4. The third-order valence-electron chi connectivity index (χ3n) is 3.12. The topological polar surface area (TPSA) is 56.2 Å². The number of anilines is 1. The van der Waals surface area contributed by atoms with Crippen LogP contribution < -0.4 is 5.73 Å². The van der Waals surface area contributed by atoms with E-state index in [0.29, 0.717) is 11.7 Å². The van der Waals surface area contributed by atoms with Crippen molar-refractivity contribution in [3.05, 3.63) is 23.4 Å². The van der Waals surface area contributed by atoms with Crippen molar-refractivity contribution < 1.29 is 0 Å². The number of fused-ring (bicyclic) bond motifs is 1. The molecule has 0 saturated heterocycles. The fourth-order valence-electron chi connectivity index (χ4n) is 2.22. The van der Waals surface area contributed by atoms with Crippen molar-refractivity contribution in [1.29, 1.82) is 0 Å². The Morgan fingerprint density at radius 2 is 1.89 bits per heavy atom. The molecule has 2 aromatic heterocycles. The normalized spacial score (nSPS) is 12.6. The second-order valence-corrected chi connectivity index (χ2v) is 6.19. The van der Waals surface area contributed by atoms with Gasteiger partial charge in [-0.3, -0.25) is 4.40 Å². The van der Waals surface area contributed by atoms with Gasteiger partial charge in [0.1, 0.15) is 17.2 Å². The zero-order valence-electron chi connectivity index (χ0n) is 12.1. The first-order valence-electron chi connectivity index (χ1n) is 6.37. The SMILES string of the molecule is Cc1cnc(N)c2c(C(C)(C)C)nc(C(C)C)n12. The second kappa shape index (κ2) is 3.97. The molecule has 0 saturated carbocycles. The number of nitrogens with two attached hydrogens (primary N) is 1. The molecule has 0 aliphatic carbocycles. The fourth-order valence-corrected chi connectivity index (χ4v) is 2.22. The summed E-state index contributed by atoms with van der Waals surface area (Å²) in [5.74, 6) is 1.97. The highest BCUT2D eigenvalue weighted by Gasteiger charge is 2.26. The molecule has 0 aliphatic rings. The lowest BCUT2D eigenvalue weighted by molar-refractivity contribution is 0.574. The van der Waals surface area contributed by atoms with Crippen molar-refractivity contribution in [3.63, 3.8) is 0 Å². The maximum Gasteiger partial charge on any atom is 0.149 e. The predicted octanol–water partition coefficient (Wildman–Crippen LogP) is 3.04. The van der Waals surface area contributed by atoms with E-state index in [-0.39, 0.29) is 5.41 Å². The van der Waals surface area contributed by atoms with Gasteiger partial charge in [-0.15, -0.1) is 0 Å². The molecule has 0 aromatic carbocycles. The van der Waals surface area contributed by atoms with Crippen LogP contribution in [-0.4, -0.2) is 14.4 Å². The van der Waals surface area contributed by atoms with Crippen LogP contribution in [0.4, 0.5) is 5.82 Å². The molecule has 98 valence electrons. The summed E-state index contributed by atoms with van der Waals surface area (Å²) in [7, 11) is 0. The summed E-state index contributed by atoms with van der Waals surface area (Å²) in [5.41, 5.74) is 9.09. The molecule has 0 radical (unpaired) electrons. The van der Waals surface area contributed by atoms with Crippen LogP contribution in [0.25, 0.3) is 5.52 Å². The number of hydrogen-bond donors (Lipinski definition) is 1. The highest BCUT2D eigenvalue weighted by atomic mass is 15.1. The molecule has 2 rings (SSSR count). The number of hydrogen-bond acceptors (Lipinski definition) is 3. The van der Waals surface area contributed by atoms with Crippen LogP contribution >= 0.6 is 0 Å². The molecule has 2 N–H and O–H groups in total. The monoisotopic (exact) mass is 246 g/mol. The quantitative estimate of drug-likeness (QED) is 0.841. The third-order valence-corrected chi connectivity index (χ3v) is 3.12. The zero-order chi connectivity index (χ0) is 13.7. The van der Waals surface area contributed by atoms with Crippen molar-refractivity contribution in [2.75, 3.05) is 5.73 Å². The molecule has 4 nitrogen and oxygen atoms in total. The molecule has 0 spiro atoms. The average Bonchev–Trinajstić information content (AvgIpc) is 2.64. The number of aryl methyl sites for hydroxylation is 1. The Bertz CT molecular complexity index is 588. The lowest BCUT2D eigenvalue weighted by Crippen LogP contribution is -2.13. The van der Waals surface area contributed by atoms with Gasteiger partial charge < -0.3 is 5.73 Å². The summed E-state index contributed by atoms with van der Waals surface area (Å²) in [6.45, 7) is 12.8. The molecule has 0 aliphatic heterocycles. The van der Waals surface area contributed by atoms with Gasteiger partial charge in [-0.25, -0.2) is 9.97 Å². The smallest absolute Gasteiger partial charge is 0.149 e. The molecule has 0 atom stereocenters. The standard InChI is InChI=1S/C14H22N4/c1-8(2)13-17-11(14(4,5)6)10-12(15)16-7-9(3)18(10)13/h7-8H,1-6H3,(H2,15,16). The van der Waals surface area contributed by atoms with Crippen LogP contribution in [0.15, 0.2) is 6.20 Å². The van der Waals surface area contributed by atoms with Crippen molar-refractivity contribution in [1.82, 2.24) is 14.4 Å². The van der Waals surface area contributed by atoms with E-state index < -0.39 is 0 Å². The summed E-state index contributed by atoms with van der Waals surface area (Å²) < 4.78 is 2.15. The van der Waals surface area contributed by atoms with Gasteiger partial charge in [0.05, 0.1) is 5.69 Å². The van der Waals surface area contributed by atoms with E-state index in [4.69, 9.17) is 10.7 Å². The third kappa shape index (κ3) is 1.85. The number of aromatic nitrogens is 3. The summed E-state index contributed by atoms with van der Waals surface area (Å²) in [6.07, 6.45) is 1.81. The Morgan fingerprint density at radius 1 is 1.28 bits per heavy atom. The van der Waals surface area contributed by atoms with Gasteiger partial charge in [-0.05, 0) is 6.92 Å². The van der Waals surface area contributed by atoms with Crippen LogP contribution in [0.3, 0.4) is 0 Å². The van der Waals surface area contributed by atoms with E-state index in [9.17, 15) is 0 Å². The van der Waals surface area contributed by atoms with Gasteiger partial charge in [-0.1, -0.05) is 34.6 Å². The maximum atomic E-state index is 6.06. The van der Waals surface area contributed by atoms with Gasteiger partial charge in [0, 0.05) is 23.2 Å². The number of nitrogen functional groups attached to an aromatic ring is 1. The van der Waals surface area contributed by atoms with E-state index in [2.05, 4.69) is 44.0 Å². The molecule has 0 bridgehead atoms. The molecule has 0 fully saturated rings. The largest absolute Gasteiger partial charge is 0.382 e. The van der Waals surface area contributed by atoms with E-state index >= 15 is 0 Å². The second-order valence-electron chi connectivity index (χ2n) is 6.19. The van der Waals surface area contributed by atoms with Crippen LogP contribution in [-0.2, 0) is 5.41 Å². The molecule has 2 aromatic rings. The van der Waals surface area contributed by atoms with Gasteiger partial charge in [-0.2, -0.15) is 0 Å². The van der Waals surface area contributed by atoms with Gasteiger partial charge in [0.15, 0.2) is 0 Å². The van der Waals surface area contributed by atoms with Crippen molar-refractivity contribution in [2.45, 2.75) is 52.9 Å². The highest BCUT2D eigenvalue weighted by molar-refractivity contribution is 5.71. The first-order chi connectivity index (χ1) is 8.23. The number of nitrogens with zero attached hydrogens (tertiary/aromatic N) is 3. The Labute approximate surface area is 108 Å². The Morgan fingerprint density at radius 3 is 2.39 bits per heavy atom.